The summed E-state index contributed by atoms with van der Waals surface area (Å²) in [7, 11) is 0. The maximum Gasteiger partial charge on any atom is 0.410 e. The second-order valence-electron chi connectivity index (χ2n) is 17.1. The van der Waals surface area contributed by atoms with Gasteiger partial charge in [0.15, 0.2) is 0 Å². The van der Waals surface area contributed by atoms with E-state index in [0.29, 0.717) is 38.5 Å². The first-order valence-electron chi connectivity index (χ1n) is 18.0. The number of carbonyl (C=O) groups is 2. The Labute approximate surface area is 302 Å². The van der Waals surface area contributed by atoms with Crippen molar-refractivity contribution in [2.75, 3.05) is 31.5 Å². The molecule has 2 aromatic carbocycles. The van der Waals surface area contributed by atoms with Crippen LogP contribution in [0.25, 0.3) is 11.3 Å². The minimum Gasteiger partial charge on any atom is -0.444 e. The Bertz CT molecular complexity index is 1860. The van der Waals surface area contributed by atoms with E-state index in [-0.39, 0.29) is 23.0 Å². The predicted molar refractivity (Wildman–Crippen MR) is 201 cm³/mol. The van der Waals surface area contributed by atoms with E-state index in [0.717, 1.165) is 65.2 Å². The van der Waals surface area contributed by atoms with Gasteiger partial charge in [0, 0.05) is 24.2 Å². The van der Waals surface area contributed by atoms with Crippen molar-refractivity contribution in [2.24, 2.45) is 15.8 Å². The average molecular weight is 693 g/mol. The van der Waals surface area contributed by atoms with Gasteiger partial charge < -0.3 is 29.6 Å². The molecule has 3 aliphatic rings. The van der Waals surface area contributed by atoms with Crippen molar-refractivity contribution in [2.45, 2.75) is 98.8 Å². The lowest BCUT2D eigenvalue weighted by atomic mass is 10.1. The highest BCUT2D eigenvalue weighted by Crippen LogP contribution is 2.46. The first kappa shape index (κ1) is 36.0. The van der Waals surface area contributed by atoms with Crippen LogP contribution in [0.1, 0.15) is 98.0 Å². The summed E-state index contributed by atoms with van der Waals surface area (Å²) in [5, 5.41) is 3.45. The van der Waals surface area contributed by atoms with E-state index in [9.17, 15) is 9.59 Å². The monoisotopic (exact) mass is 692 g/mol. The number of carbonyl (C=O) groups excluding carboxylic acids is 2. The second-order valence-corrected chi connectivity index (χ2v) is 17.1. The van der Waals surface area contributed by atoms with E-state index < -0.39 is 11.2 Å². The third-order valence-electron chi connectivity index (χ3n) is 9.30. The summed E-state index contributed by atoms with van der Waals surface area (Å²) in [5.74, 6) is 7.28. The Morgan fingerprint density at radius 3 is 1.92 bits per heavy atom. The number of H-pyrrole nitrogens is 1. The number of ether oxygens (including phenoxy) is 2. The molecular weight excluding hydrogens is 640 g/mol. The summed E-state index contributed by atoms with van der Waals surface area (Å²) in [4.78, 5) is 42.6. The van der Waals surface area contributed by atoms with Crippen molar-refractivity contribution >= 4 is 29.3 Å². The van der Waals surface area contributed by atoms with Crippen LogP contribution in [0.2, 0.25) is 0 Å². The molecule has 0 unspecified atom stereocenters. The lowest BCUT2D eigenvalue weighted by molar-refractivity contribution is 0.0191. The van der Waals surface area contributed by atoms with Crippen LogP contribution in [0.15, 0.2) is 53.7 Å². The van der Waals surface area contributed by atoms with E-state index in [1.165, 1.54) is 0 Å². The maximum absolute atomic E-state index is 13.1. The molecule has 6 rings (SSSR count). The van der Waals surface area contributed by atoms with Crippen LogP contribution in [0, 0.1) is 22.7 Å². The van der Waals surface area contributed by atoms with Gasteiger partial charge in [-0.2, -0.15) is 0 Å². The molecule has 2 fully saturated rings. The minimum absolute atomic E-state index is 0.147. The van der Waals surface area contributed by atoms with Gasteiger partial charge in [-0.3, -0.25) is 4.99 Å². The fourth-order valence-corrected chi connectivity index (χ4v) is 5.91. The first-order valence-corrected chi connectivity index (χ1v) is 18.0. The number of hydrogen-bond donors (Lipinski definition) is 2. The van der Waals surface area contributed by atoms with Gasteiger partial charge in [0.25, 0.3) is 0 Å². The SMILES string of the molecule is CC1(CN(CC2=Nc3cc(C#Cc4ccc(-c5cnc(CN(CC6(C)CC6)C(=O)OC(C)(C)C)[nH]5)cc4)ccc3NC2)C(=O)OC(C)(C)C)CC1. The van der Waals surface area contributed by atoms with Crippen molar-refractivity contribution in [1.82, 2.24) is 19.8 Å². The highest BCUT2D eigenvalue weighted by Gasteiger charge is 2.42. The number of nitrogens with zero attached hydrogens (tertiary/aromatic N) is 4. The quantitative estimate of drug-likeness (QED) is 0.218. The molecule has 1 aromatic heterocycles. The van der Waals surface area contributed by atoms with Gasteiger partial charge in [-0.1, -0.05) is 37.8 Å². The summed E-state index contributed by atoms with van der Waals surface area (Å²) < 4.78 is 11.4. The second kappa shape index (κ2) is 13.7. The van der Waals surface area contributed by atoms with E-state index in [2.05, 4.69) is 41.0 Å². The van der Waals surface area contributed by atoms with Gasteiger partial charge in [-0.05, 0) is 114 Å². The van der Waals surface area contributed by atoms with Gasteiger partial charge in [0.2, 0.25) is 0 Å². The molecule has 51 heavy (non-hydrogen) atoms. The molecule has 3 aromatic rings. The Morgan fingerprint density at radius 2 is 1.35 bits per heavy atom. The van der Waals surface area contributed by atoms with Crippen LogP contribution in [0.3, 0.4) is 0 Å². The number of aliphatic imine (C=N–C) groups is 1. The first-order chi connectivity index (χ1) is 23.9. The Kier molecular flexibility index (Phi) is 9.71. The number of fused-ring (bicyclic) bond motifs is 1. The fraction of sp³-hybridized carbons (Fsp3) is 0.512. The highest BCUT2D eigenvalue weighted by atomic mass is 16.6. The minimum atomic E-state index is -0.562. The Balaban J connectivity index is 1.11. The number of imidazole rings is 1. The number of benzene rings is 2. The molecule has 2 aliphatic carbocycles. The lowest BCUT2D eigenvalue weighted by Crippen LogP contribution is -2.43. The van der Waals surface area contributed by atoms with Crippen molar-refractivity contribution in [3.63, 3.8) is 0 Å². The van der Waals surface area contributed by atoms with Gasteiger partial charge in [-0.25, -0.2) is 14.6 Å². The van der Waals surface area contributed by atoms with Crippen LogP contribution in [-0.2, 0) is 16.0 Å². The molecular formula is C41H52N6O4. The summed E-state index contributed by atoms with van der Waals surface area (Å²) in [6.45, 7) is 18.4. The smallest absolute Gasteiger partial charge is 0.410 e. The lowest BCUT2D eigenvalue weighted by Gasteiger charge is -2.30. The van der Waals surface area contributed by atoms with Gasteiger partial charge in [0.05, 0.1) is 48.6 Å². The Hall–Kier alpha value is -4.78. The maximum atomic E-state index is 13.1. The van der Waals surface area contributed by atoms with Crippen LogP contribution < -0.4 is 5.32 Å². The molecule has 10 nitrogen and oxygen atoms in total. The fourth-order valence-electron chi connectivity index (χ4n) is 5.91. The van der Waals surface area contributed by atoms with Crippen LogP contribution in [0.4, 0.5) is 21.0 Å². The normalized spacial score (nSPS) is 16.7. The predicted octanol–water partition coefficient (Wildman–Crippen LogP) is 8.55. The molecule has 270 valence electrons. The molecule has 0 radical (unpaired) electrons. The Morgan fingerprint density at radius 1 is 0.804 bits per heavy atom. The molecule has 10 heteroatoms. The van der Waals surface area contributed by atoms with E-state index in [4.69, 9.17) is 14.5 Å². The molecule has 2 heterocycles. The number of hydrogen-bond acceptors (Lipinski definition) is 7. The number of rotatable bonds is 9. The zero-order chi connectivity index (χ0) is 36.6. The highest BCUT2D eigenvalue weighted by molar-refractivity contribution is 5.98. The van der Waals surface area contributed by atoms with Crippen molar-refractivity contribution in [3.05, 3.63) is 65.6 Å². The van der Waals surface area contributed by atoms with Crippen molar-refractivity contribution in [1.29, 1.82) is 0 Å². The molecule has 0 atom stereocenters. The third-order valence-corrected chi connectivity index (χ3v) is 9.30. The molecule has 0 spiro atoms. The molecule has 2 amide bonds. The van der Waals surface area contributed by atoms with Crippen LogP contribution in [0.5, 0.6) is 0 Å². The largest absolute Gasteiger partial charge is 0.444 e. The average Bonchev–Trinajstić information content (AvgIpc) is 3.91. The standard InChI is InChI=1S/C41H52N6O4/c1-38(2,3)50-36(48)46(26-40(7)17-18-40)24-31-22-42-32-16-13-29(21-33(32)44-31)10-9-28-11-14-30(15-12-28)34-23-43-35(45-34)25-47(27-41(8)19-20-41)37(49)51-39(4,5)6/h11-16,21,23,42H,17-20,22,24-27H2,1-8H3,(H,43,45). The summed E-state index contributed by atoms with van der Waals surface area (Å²) in [5.41, 5.74) is 5.41. The number of nitrogens with one attached hydrogen (secondary N) is 2. The summed E-state index contributed by atoms with van der Waals surface area (Å²) in [6, 6.07) is 14.0. The zero-order valence-electron chi connectivity index (χ0n) is 31.4. The molecule has 0 bridgehead atoms. The zero-order valence-corrected chi connectivity index (χ0v) is 31.4. The van der Waals surface area contributed by atoms with E-state index in [1.807, 2.05) is 84.0 Å². The van der Waals surface area contributed by atoms with Crippen molar-refractivity contribution < 1.29 is 19.1 Å². The number of amides is 2. The number of aromatic nitrogens is 2. The molecule has 1 aliphatic heterocycles. The van der Waals surface area contributed by atoms with Crippen LogP contribution >= 0.6 is 0 Å². The number of aromatic amines is 1. The van der Waals surface area contributed by atoms with Gasteiger partial charge in [0.1, 0.15) is 17.0 Å². The number of anilines is 1. The van der Waals surface area contributed by atoms with E-state index >= 15 is 0 Å². The molecule has 0 saturated heterocycles. The van der Waals surface area contributed by atoms with E-state index in [1.54, 1.807) is 16.0 Å². The van der Waals surface area contributed by atoms with Gasteiger partial charge in [-0.15, -0.1) is 0 Å². The van der Waals surface area contributed by atoms with Crippen molar-refractivity contribution in [3.8, 4) is 23.1 Å². The topological polar surface area (TPSA) is 112 Å². The summed E-state index contributed by atoms with van der Waals surface area (Å²) >= 11 is 0. The summed E-state index contributed by atoms with van der Waals surface area (Å²) in [6.07, 6.45) is 5.64. The molecule has 2 N–H and O–H groups in total. The molecule has 2 saturated carbocycles. The van der Waals surface area contributed by atoms with Gasteiger partial charge >= 0.3 is 12.2 Å². The van der Waals surface area contributed by atoms with Crippen LogP contribution in [-0.4, -0.2) is 75.0 Å². The third kappa shape index (κ3) is 10.2.